The van der Waals surface area contributed by atoms with Crippen LogP contribution < -0.4 is 5.32 Å². The Kier molecular flexibility index (Phi) is 3.96. The fourth-order valence-electron chi connectivity index (χ4n) is 1.76. The van der Waals surface area contributed by atoms with Gasteiger partial charge in [-0.3, -0.25) is 0 Å². The van der Waals surface area contributed by atoms with Crippen molar-refractivity contribution in [1.82, 2.24) is 5.32 Å². The highest BCUT2D eigenvalue weighted by Gasteiger charge is 2.22. The summed E-state index contributed by atoms with van der Waals surface area (Å²) in [6.07, 6.45) is 7.30. The molecule has 0 bridgehead atoms. The highest BCUT2D eigenvalue weighted by atomic mass is 14.9. The molecule has 0 aliphatic carbocycles. The van der Waals surface area contributed by atoms with Crippen LogP contribution in [0, 0.1) is 11.8 Å². The van der Waals surface area contributed by atoms with Crippen LogP contribution in [-0.4, -0.2) is 0 Å². The predicted octanol–water partition coefficient (Wildman–Crippen LogP) is 3.78. The summed E-state index contributed by atoms with van der Waals surface area (Å²) in [5, 5.41) is 3.29. The molecule has 2 atom stereocenters. The maximum Gasteiger partial charge on any atom is 0.0341 e. The van der Waals surface area contributed by atoms with Crippen LogP contribution in [0.4, 0.5) is 0 Å². The van der Waals surface area contributed by atoms with Gasteiger partial charge in [-0.15, -0.1) is 0 Å². The molecule has 0 saturated carbocycles. The molecule has 1 aliphatic heterocycles. The van der Waals surface area contributed by atoms with Gasteiger partial charge in [0.2, 0.25) is 0 Å². The largest absolute Gasteiger partial charge is 0.359 e. The van der Waals surface area contributed by atoms with E-state index in [4.69, 9.17) is 0 Å². The van der Waals surface area contributed by atoms with Gasteiger partial charge in [0.05, 0.1) is 0 Å². The number of allylic oxidation sites excluding steroid dienone is 5. The Hall–Kier alpha value is -1.24. The van der Waals surface area contributed by atoms with Crippen molar-refractivity contribution in [2.24, 2.45) is 11.8 Å². The van der Waals surface area contributed by atoms with Gasteiger partial charge in [0.15, 0.2) is 0 Å². The van der Waals surface area contributed by atoms with Crippen molar-refractivity contribution >= 4 is 0 Å². The Bertz CT molecular complexity index is 320. The average molecular weight is 203 g/mol. The third-order valence-corrected chi connectivity index (χ3v) is 3.13. The first-order chi connectivity index (χ1) is 7.06. The molecule has 0 aromatic carbocycles. The van der Waals surface area contributed by atoms with Crippen molar-refractivity contribution in [1.29, 1.82) is 0 Å². The van der Waals surface area contributed by atoms with Crippen molar-refractivity contribution in [3.05, 3.63) is 48.4 Å². The molecule has 1 nitrogen and oxygen atoms in total. The molecule has 15 heavy (non-hydrogen) atoms. The molecular weight excluding hydrogens is 182 g/mol. The van der Waals surface area contributed by atoms with Crippen molar-refractivity contribution in [2.75, 3.05) is 0 Å². The van der Waals surface area contributed by atoms with Gasteiger partial charge in [-0.1, -0.05) is 45.2 Å². The Morgan fingerprint density at radius 1 is 1.33 bits per heavy atom. The quantitative estimate of drug-likeness (QED) is 0.684. The Morgan fingerprint density at radius 2 is 2.00 bits per heavy atom. The maximum atomic E-state index is 4.05. The zero-order valence-electron chi connectivity index (χ0n) is 10.0. The van der Waals surface area contributed by atoms with Crippen molar-refractivity contribution in [3.8, 4) is 0 Å². The summed E-state index contributed by atoms with van der Waals surface area (Å²) in [6.45, 7) is 14.6. The van der Waals surface area contributed by atoms with Gasteiger partial charge in [-0.25, -0.2) is 0 Å². The molecule has 2 unspecified atom stereocenters. The minimum absolute atomic E-state index is 0.498. The second-order valence-electron chi connectivity index (χ2n) is 4.32. The highest BCUT2D eigenvalue weighted by molar-refractivity contribution is 5.35. The van der Waals surface area contributed by atoms with E-state index in [0.717, 1.165) is 17.8 Å². The van der Waals surface area contributed by atoms with Gasteiger partial charge in [0, 0.05) is 11.4 Å². The summed E-state index contributed by atoms with van der Waals surface area (Å²) in [5.74, 6) is 1.11. The first kappa shape index (κ1) is 11.8. The van der Waals surface area contributed by atoms with Crippen molar-refractivity contribution in [3.63, 3.8) is 0 Å². The SMILES string of the molecule is C=C1NC(=C)C(C)C(C)C/C1=C/C=C\C. The molecule has 0 aromatic rings. The van der Waals surface area contributed by atoms with E-state index in [1.165, 1.54) is 5.57 Å². The molecule has 1 heterocycles. The molecule has 0 aromatic heterocycles. The minimum Gasteiger partial charge on any atom is -0.359 e. The zero-order valence-corrected chi connectivity index (χ0v) is 10.0. The molecule has 0 spiro atoms. The predicted molar refractivity (Wildman–Crippen MR) is 67.3 cm³/mol. The normalized spacial score (nSPS) is 30.7. The van der Waals surface area contributed by atoms with E-state index < -0.39 is 0 Å². The van der Waals surface area contributed by atoms with Crippen molar-refractivity contribution < 1.29 is 0 Å². The van der Waals surface area contributed by atoms with Gasteiger partial charge in [0.25, 0.3) is 0 Å². The van der Waals surface area contributed by atoms with Crippen LogP contribution in [0.5, 0.6) is 0 Å². The van der Waals surface area contributed by atoms with Gasteiger partial charge < -0.3 is 5.32 Å². The minimum atomic E-state index is 0.498. The highest BCUT2D eigenvalue weighted by Crippen LogP contribution is 2.30. The number of rotatable bonds is 1. The van der Waals surface area contributed by atoms with Crippen LogP contribution in [-0.2, 0) is 0 Å². The van der Waals surface area contributed by atoms with Gasteiger partial charge >= 0.3 is 0 Å². The summed E-state index contributed by atoms with van der Waals surface area (Å²) in [5.41, 5.74) is 3.36. The molecule has 0 radical (unpaired) electrons. The van der Waals surface area contributed by atoms with Crippen LogP contribution in [0.3, 0.4) is 0 Å². The fourth-order valence-corrected chi connectivity index (χ4v) is 1.76. The lowest BCUT2D eigenvalue weighted by molar-refractivity contribution is 0.441. The van der Waals surface area contributed by atoms with Crippen molar-refractivity contribution in [2.45, 2.75) is 27.2 Å². The Balaban J connectivity index is 2.92. The second kappa shape index (κ2) is 5.01. The van der Waals surface area contributed by atoms with E-state index in [-0.39, 0.29) is 0 Å². The molecule has 1 fully saturated rings. The summed E-state index contributed by atoms with van der Waals surface area (Å²) in [6, 6.07) is 0. The summed E-state index contributed by atoms with van der Waals surface area (Å²) < 4.78 is 0. The van der Waals surface area contributed by atoms with E-state index in [1.54, 1.807) is 0 Å². The Morgan fingerprint density at radius 3 is 2.60 bits per heavy atom. The third kappa shape index (κ3) is 2.85. The van der Waals surface area contributed by atoms with Crippen LogP contribution in [0.15, 0.2) is 48.4 Å². The molecule has 1 saturated heterocycles. The lowest BCUT2D eigenvalue weighted by Gasteiger charge is -2.17. The summed E-state index contributed by atoms with van der Waals surface area (Å²) >= 11 is 0. The molecule has 1 aliphatic rings. The molecule has 0 amide bonds. The van der Waals surface area contributed by atoms with Gasteiger partial charge in [-0.05, 0) is 30.8 Å². The standard InChI is InChI=1S/C14H21N/c1-6-7-8-14-9-10(2)11(3)12(4)15-13(14)5/h6-8,10-11,15H,4-5,9H2,1-3H3/b7-6-,14-8-. The topological polar surface area (TPSA) is 12.0 Å². The molecule has 1 heteroatoms. The van der Waals surface area contributed by atoms with E-state index in [2.05, 4.69) is 44.5 Å². The number of hydrogen-bond donors (Lipinski definition) is 1. The maximum absolute atomic E-state index is 4.05. The molecule has 82 valence electrons. The molecular formula is C14H21N. The average Bonchev–Trinajstić information content (AvgIpc) is 2.29. The molecule has 1 rings (SSSR count). The van der Waals surface area contributed by atoms with E-state index in [1.807, 2.05) is 13.0 Å². The van der Waals surface area contributed by atoms with Crippen LogP contribution >= 0.6 is 0 Å². The monoisotopic (exact) mass is 203 g/mol. The summed E-state index contributed by atoms with van der Waals surface area (Å²) in [4.78, 5) is 0. The third-order valence-electron chi connectivity index (χ3n) is 3.13. The lowest BCUT2D eigenvalue weighted by Crippen LogP contribution is -2.16. The first-order valence-electron chi connectivity index (χ1n) is 5.53. The molecule has 1 N–H and O–H groups in total. The first-order valence-corrected chi connectivity index (χ1v) is 5.53. The van der Waals surface area contributed by atoms with E-state index in [9.17, 15) is 0 Å². The lowest BCUT2D eigenvalue weighted by atomic mass is 9.89. The van der Waals surface area contributed by atoms with Crippen LogP contribution in [0.1, 0.15) is 27.2 Å². The van der Waals surface area contributed by atoms with Gasteiger partial charge in [-0.2, -0.15) is 0 Å². The smallest absolute Gasteiger partial charge is 0.0341 e. The fraction of sp³-hybridized carbons (Fsp3) is 0.429. The summed E-state index contributed by atoms with van der Waals surface area (Å²) in [7, 11) is 0. The van der Waals surface area contributed by atoms with Gasteiger partial charge in [0.1, 0.15) is 0 Å². The van der Waals surface area contributed by atoms with Crippen LogP contribution in [0.2, 0.25) is 0 Å². The number of nitrogens with one attached hydrogen (secondary N) is 1. The second-order valence-corrected chi connectivity index (χ2v) is 4.32. The van der Waals surface area contributed by atoms with E-state index >= 15 is 0 Å². The van der Waals surface area contributed by atoms with E-state index in [0.29, 0.717) is 11.8 Å². The number of hydrogen-bond acceptors (Lipinski definition) is 1. The zero-order chi connectivity index (χ0) is 11.4. The Labute approximate surface area is 93.3 Å². The van der Waals surface area contributed by atoms with Crippen LogP contribution in [0.25, 0.3) is 0 Å².